The van der Waals surface area contributed by atoms with Crippen molar-refractivity contribution >= 4 is 0 Å². The van der Waals surface area contributed by atoms with E-state index in [1.165, 1.54) is 12.0 Å². The normalized spacial score (nSPS) is 18.0. The second kappa shape index (κ2) is 8.12. The number of ether oxygens (including phenoxy) is 2. The van der Waals surface area contributed by atoms with Gasteiger partial charge < -0.3 is 14.0 Å². The van der Waals surface area contributed by atoms with E-state index in [0.717, 1.165) is 42.5 Å². The van der Waals surface area contributed by atoms with E-state index in [4.69, 9.17) is 14.0 Å². The summed E-state index contributed by atoms with van der Waals surface area (Å²) < 4.78 is 16.9. The maximum absolute atomic E-state index is 5.82. The van der Waals surface area contributed by atoms with Crippen LogP contribution in [-0.2, 0) is 6.54 Å². The number of hydrogen-bond donors (Lipinski definition) is 0. The Bertz CT molecular complexity index is 724. The maximum atomic E-state index is 5.82. The van der Waals surface area contributed by atoms with Crippen molar-refractivity contribution in [1.29, 1.82) is 0 Å². The lowest BCUT2D eigenvalue weighted by Crippen LogP contribution is -2.23. The molecule has 1 aliphatic rings. The summed E-state index contributed by atoms with van der Waals surface area (Å²) in [4.78, 5) is 2.47. The molecule has 1 aliphatic heterocycles. The number of benzene rings is 1. The molecule has 5 nitrogen and oxygen atoms in total. The highest BCUT2D eigenvalue weighted by Crippen LogP contribution is 2.35. The summed E-state index contributed by atoms with van der Waals surface area (Å²) in [6, 6.07) is 8.65. The molecule has 0 spiro atoms. The molecule has 1 fully saturated rings. The zero-order chi connectivity index (χ0) is 18.7. The highest BCUT2D eigenvalue weighted by molar-refractivity contribution is 5.43. The summed E-state index contributed by atoms with van der Waals surface area (Å²) in [5.74, 6) is 2.91. The quantitative estimate of drug-likeness (QED) is 0.702. The van der Waals surface area contributed by atoms with Crippen LogP contribution in [0.5, 0.6) is 11.5 Å². The molecule has 5 heteroatoms. The van der Waals surface area contributed by atoms with Crippen molar-refractivity contribution in [3.63, 3.8) is 0 Å². The van der Waals surface area contributed by atoms with Crippen molar-refractivity contribution in [2.45, 2.75) is 65.1 Å². The number of nitrogens with zero attached hydrogens (tertiary/aromatic N) is 2. The zero-order valence-electron chi connectivity index (χ0n) is 16.5. The Hall–Kier alpha value is -2.01. The molecule has 0 radical (unpaired) electrons. The van der Waals surface area contributed by atoms with Crippen LogP contribution in [0.2, 0.25) is 0 Å². The molecular weight excluding hydrogens is 328 g/mol. The maximum Gasteiger partial charge on any atom is 0.161 e. The molecule has 2 aromatic rings. The Labute approximate surface area is 156 Å². The number of likely N-dealkylation sites (tertiary alicyclic amines) is 1. The molecule has 1 aromatic carbocycles. The minimum Gasteiger partial charge on any atom is -0.493 e. The van der Waals surface area contributed by atoms with E-state index in [0.29, 0.717) is 12.0 Å². The van der Waals surface area contributed by atoms with Gasteiger partial charge in [-0.05, 0) is 50.9 Å². The fourth-order valence-electron chi connectivity index (χ4n) is 3.48. The third-order valence-corrected chi connectivity index (χ3v) is 4.80. The smallest absolute Gasteiger partial charge is 0.161 e. The average molecular weight is 358 g/mol. The van der Waals surface area contributed by atoms with Gasteiger partial charge in [0.1, 0.15) is 11.5 Å². The van der Waals surface area contributed by atoms with Crippen molar-refractivity contribution in [2.24, 2.45) is 0 Å². The third-order valence-electron chi connectivity index (χ3n) is 4.80. The molecule has 142 valence electrons. The van der Waals surface area contributed by atoms with Crippen LogP contribution in [0.1, 0.15) is 69.5 Å². The Balaban J connectivity index is 1.74. The Morgan fingerprint density at radius 1 is 1.19 bits per heavy atom. The molecule has 26 heavy (non-hydrogen) atoms. The Morgan fingerprint density at radius 2 is 2.00 bits per heavy atom. The summed E-state index contributed by atoms with van der Waals surface area (Å²) >= 11 is 0. The molecule has 0 saturated carbocycles. The van der Waals surface area contributed by atoms with Crippen LogP contribution in [0.4, 0.5) is 0 Å². The van der Waals surface area contributed by atoms with Gasteiger partial charge in [0.15, 0.2) is 11.5 Å². The summed E-state index contributed by atoms with van der Waals surface area (Å²) in [5, 5.41) is 4.33. The Kier molecular flexibility index (Phi) is 5.87. The molecule has 1 saturated heterocycles. The number of aromatic nitrogens is 1. The van der Waals surface area contributed by atoms with Crippen molar-refractivity contribution in [3.05, 3.63) is 41.3 Å². The van der Waals surface area contributed by atoms with Gasteiger partial charge in [-0.1, -0.05) is 25.1 Å². The van der Waals surface area contributed by atoms with Gasteiger partial charge in [0.05, 0.1) is 19.3 Å². The summed E-state index contributed by atoms with van der Waals surface area (Å²) in [5.41, 5.74) is 2.27. The van der Waals surface area contributed by atoms with Crippen molar-refractivity contribution in [1.82, 2.24) is 10.1 Å². The fourth-order valence-corrected chi connectivity index (χ4v) is 3.48. The van der Waals surface area contributed by atoms with Crippen LogP contribution in [0.15, 0.2) is 28.8 Å². The first-order valence-electron chi connectivity index (χ1n) is 9.52. The number of hydrogen-bond acceptors (Lipinski definition) is 5. The van der Waals surface area contributed by atoms with Gasteiger partial charge in [-0.2, -0.15) is 0 Å². The summed E-state index contributed by atoms with van der Waals surface area (Å²) in [6.45, 7) is 10.2. The number of methoxy groups -OCH3 is 1. The molecule has 0 aliphatic carbocycles. The molecule has 1 aromatic heterocycles. The average Bonchev–Trinajstić information content (AvgIpc) is 3.24. The Morgan fingerprint density at radius 3 is 2.65 bits per heavy atom. The van der Waals surface area contributed by atoms with Gasteiger partial charge in [-0.3, -0.25) is 4.90 Å². The van der Waals surface area contributed by atoms with Crippen LogP contribution in [0.25, 0.3) is 0 Å². The van der Waals surface area contributed by atoms with E-state index in [9.17, 15) is 0 Å². The fraction of sp³-hybridized carbons (Fsp3) is 0.571. The standard InChI is InChI=1S/C21H30N2O3/c1-14(2)20-12-17(22-26-20)18-7-6-10-23(18)13-16-8-9-19(25-15(3)4)21(11-16)24-5/h8-9,11-12,14-15,18H,6-7,10,13H2,1-5H3/t18-/m1/s1. The minimum atomic E-state index is 0.125. The molecule has 0 unspecified atom stereocenters. The first kappa shape index (κ1) is 18.8. The monoisotopic (exact) mass is 358 g/mol. The van der Waals surface area contributed by atoms with Crippen LogP contribution in [-0.4, -0.2) is 29.8 Å². The predicted octanol–water partition coefficient (Wildman–Crippen LogP) is 4.93. The predicted molar refractivity (Wildman–Crippen MR) is 102 cm³/mol. The summed E-state index contributed by atoms with van der Waals surface area (Å²) in [7, 11) is 1.69. The highest BCUT2D eigenvalue weighted by Gasteiger charge is 2.29. The first-order chi connectivity index (χ1) is 12.5. The van der Waals surface area contributed by atoms with Gasteiger partial charge in [-0.25, -0.2) is 0 Å². The van der Waals surface area contributed by atoms with Crippen molar-refractivity contribution < 1.29 is 14.0 Å². The second-order valence-corrected chi connectivity index (χ2v) is 7.59. The van der Waals surface area contributed by atoms with Crippen LogP contribution >= 0.6 is 0 Å². The molecule has 3 rings (SSSR count). The number of rotatable bonds is 7. The van der Waals surface area contributed by atoms with Crippen LogP contribution < -0.4 is 9.47 Å². The molecular formula is C21H30N2O3. The first-order valence-corrected chi connectivity index (χ1v) is 9.52. The van der Waals surface area contributed by atoms with Crippen molar-refractivity contribution in [2.75, 3.05) is 13.7 Å². The van der Waals surface area contributed by atoms with E-state index in [2.05, 4.69) is 42.1 Å². The zero-order valence-corrected chi connectivity index (χ0v) is 16.5. The lowest BCUT2D eigenvalue weighted by molar-refractivity contribution is 0.227. The van der Waals surface area contributed by atoms with E-state index in [-0.39, 0.29) is 6.10 Å². The van der Waals surface area contributed by atoms with E-state index in [1.54, 1.807) is 7.11 Å². The van der Waals surface area contributed by atoms with Crippen molar-refractivity contribution in [3.8, 4) is 11.5 Å². The minimum absolute atomic E-state index is 0.125. The largest absolute Gasteiger partial charge is 0.493 e. The molecule has 0 N–H and O–H groups in total. The van der Waals surface area contributed by atoms with Crippen LogP contribution in [0.3, 0.4) is 0 Å². The lowest BCUT2D eigenvalue weighted by Gasteiger charge is -2.23. The molecule has 0 bridgehead atoms. The third kappa shape index (κ3) is 4.21. The van der Waals surface area contributed by atoms with Gasteiger partial charge in [0.25, 0.3) is 0 Å². The van der Waals surface area contributed by atoms with Gasteiger partial charge in [0, 0.05) is 18.5 Å². The second-order valence-electron chi connectivity index (χ2n) is 7.59. The summed E-state index contributed by atoms with van der Waals surface area (Å²) in [6.07, 6.45) is 2.43. The highest BCUT2D eigenvalue weighted by atomic mass is 16.5. The molecule has 2 heterocycles. The van der Waals surface area contributed by atoms with Gasteiger partial charge in [0.2, 0.25) is 0 Å². The van der Waals surface area contributed by atoms with E-state index in [1.807, 2.05) is 19.9 Å². The molecule has 1 atom stereocenters. The van der Waals surface area contributed by atoms with Gasteiger partial charge >= 0.3 is 0 Å². The van der Waals surface area contributed by atoms with Crippen LogP contribution in [0, 0.1) is 0 Å². The lowest BCUT2D eigenvalue weighted by atomic mass is 10.1. The van der Waals surface area contributed by atoms with E-state index >= 15 is 0 Å². The van der Waals surface area contributed by atoms with Gasteiger partial charge in [-0.15, -0.1) is 0 Å². The molecule has 0 amide bonds. The SMILES string of the molecule is COc1cc(CN2CCC[C@@H]2c2cc(C(C)C)on2)ccc1OC(C)C. The van der Waals surface area contributed by atoms with E-state index < -0.39 is 0 Å². The topological polar surface area (TPSA) is 47.7 Å².